The second-order valence-corrected chi connectivity index (χ2v) is 4.33. The lowest BCUT2D eigenvalue weighted by Gasteiger charge is -2.01. The summed E-state index contributed by atoms with van der Waals surface area (Å²) in [7, 11) is 0. The molecule has 2 nitrogen and oxygen atoms in total. The number of nitrogen functional groups attached to an aromatic ring is 1. The van der Waals surface area contributed by atoms with Crippen LogP contribution in [-0.4, -0.2) is 4.98 Å². The van der Waals surface area contributed by atoms with E-state index in [9.17, 15) is 0 Å². The summed E-state index contributed by atoms with van der Waals surface area (Å²) in [5.41, 5.74) is 7.56. The summed E-state index contributed by atoms with van der Waals surface area (Å²) in [6.07, 6.45) is 3.42. The third-order valence-electron chi connectivity index (χ3n) is 1.71. The Labute approximate surface area is 88.6 Å². The van der Waals surface area contributed by atoms with E-state index in [-0.39, 0.29) is 0 Å². The SMILES string of the molecule is Nc1cnccc1-c1sccc1Br. The molecule has 0 aliphatic rings. The van der Waals surface area contributed by atoms with Crippen molar-refractivity contribution in [1.82, 2.24) is 4.98 Å². The highest BCUT2D eigenvalue weighted by molar-refractivity contribution is 9.10. The van der Waals surface area contributed by atoms with Crippen molar-refractivity contribution >= 4 is 33.0 Å². The molecule has 0 aliphatic heterocycles. The minimum absolute atomic E-state index is 0.714. The first-order valence-corrected chi connectivity index (χ1v) is 5.39. The molecule has 4 heteroatoms. The number of aromatic nitrogens is 1. The summed E-state index contributed by atoms with van der Waals surface area (Å²) in [5, 5.41) is 2.03. The molecule has 2 rings (SSSR count). The van der Waals surface area contributed by atoms with Gasteiger partial charge in [0.15, 0.2) is 0 Å². The molecule has 0 bridgehead atoms. The molecule has 2 aromatic heterocycles. The molecule has 0 spiro atoms. The predicted octanol–water partition coefficient (Wildman–Crippen LogP) is 3.15. The Bertz CT molecular complexity index is 425. The summed E-state index contributed by atoms with van der Waals surface area (Å²) in [5.74, 6) is 0. The second kappa shape index (κ2) is 3.47. The van der Waals surface area contributed by atoms with Crippen LogP contribution in [-0.2, 0) is 0 Å². The van der Waals surface area contributed by atoms with E-state index in [4.69, 9.17) is 5.73 Å². The largest absolute Gasteiger partial charge is 0.397 e. The van der Waals surface area contributed by atoms with E-state index in [2.05, 4.69) is 20.9 Å². The third-order valence-corrected chi connectivity index (χ3v) is 3.58. The van der Waals surface area contributed by atoms with E-state index in [0.29, 0.717) is 5.69 Å². The van der Waals surface area contributed by atoms with Crippen LogP contribution in [0.3, 0.4) is 0 Å². The Hall–Kier alpha value is -0.870. The van der Waals surface area contributed by atoms with E-state index in [0.717, 1.165) is 14.9 Å². The van der Waals surface area contributed by atoms with Crippen LogP contribution in [0.25, 0.3) is 10.4 Å². The van der Waals surface area contributed by atoms with Gasteiger partial charge in [-0.3, -0.25) is 4.98 Å². The Morgan fingerprint density at radius 1 is 1.38 bits per heavy atom. The molecule has 0 atom stereocenters. The topological polar surface area (TPSA) is 38.9 Å². The number of nitrogens with zero attached hydrogens (tertiary/aromatic N) is 1. The highest BCUT2D eigenvalue weighted by Crippen LogP contribution is 2.35. The Kier molecular flexibility index (Phi) is 2.33. The van der Waals surface area contributed by atoms with E-state index < -0.39 is 0 Å². The normalized spacial score (nSPS) is 10.2. The van der Waals surface area contributed by atoms with Gasteiger partial charge in [0.1, 0.15) is 0 Å². The van der Waals surface area contributed by atoms with Crippen LogP contribution in [0.4, 0.5) is 5.69 Å². The fourth-order valence-corrected chi connectivity index (χ4v) is 2.73. The Balaban J connectivity index is 2.59. The van der Waals surface area contributed by atoms with Gasteiger partial charge in [0.25, 0.3) is 0 Å². The fourth-order valence-electron chi connectivity index (χ4n) is 1.10. The minimum atomic E-state index is 0.714. The average Bonchev–Trinajstić information content (AvgIpc) is 2.52. The van der Waals surface area contributed by atoms with Crippen LogP contribution in [0.15, 0.2) is 34.4 Å². The molecule has 0 radical (unpaired) electrons. The van der Waals surface area contributed by atoms with E-state index in [1.165, 1.54) is 0 Å². The van der Waals surface area contributed by atoms with Crippen molar-refractivity contribution in [3.63, 3.8) is 0 Å². The van der Waals surface area contributed by atoms with Gasteiger partial charge in [-0.05, 0) is 33.4 Å². The number of pyridine rings is 1. The lowest BCUT2D eigenvalue weighted by molar-refractivity contribution is 1.34. The molecule has 0 aromatic carbocycles. The summed E-state index contributed by atoms with van der Waals surface area (Å²) >= 11 is 5.13. The first-order chi connectivity index (χ1) is 6.29. The summed E-state index contributed by atoms with van der Waals surface area (Å²) < 4.78 is 1.08. The minimum Gasteiger partial charge on any atom is -0.397 e. The van der Waals surface area contributed by atoms with Crippen LogP contribution < -0.4 is 5.73 Å². The van der Waals surface area contributed by atoms with Gasteiger partial charge >= 0.3 is 0 Å². The van der Waals surface area contributed by atoms with Crippen molar-refractivity contribution in [2.75, 3.05) is 5.73 Å². The van der Waals surface area contributed by atoms with Gasteiger partial charge in [-0.1, -0.05) is 0 Å². The van der Waals surface area contributed by atoms with Crippen LogP contribution in [0.5, 0.6) is 0 Å². The molecule has 2 aromatic rings. The average molecular weight is 255 g/mol. The highest BCUT2D eigenvalue weighted by Gasteiger charge is 2.06. The molecule has 66 valence electrons. The van der Waals surface area contributed by atoms with Gasteiger partial charge in [-0.2, -0.15) is 0 Å². The molecular formula is C9H7BrN2S. The Morgan fingerprint density at radius 3 is 2.85 bits per heavy atom. The maximum Gasteiger partial charge on any atom is 0.0588 e. The van der Waals surface area contributed by atoms with Crippen molar-refractivity contribution in [3.05, 3.63) is 34.4 Å². The lowest BCUT2D eigenvalue weighted by Crippen LogP contribution is -1.89. The fraction of sp³-hybridized carbons (Fsp3) is 0. The number of halogens is 1. The molecule has 0 fully saturated rings. The zero-order valence-electron chi connectivity index (χ0n) is 6.70. The Morgan fingerprint density at radius 2 is 2.23 bits per heavy atom. The van der Waals surface area contributed by atoms with E-state index >= 15 is 0 Å². The number of hydrogen-bond donors (Lipinski definition) is 1. The predicted molar refractivity (Wildman–Crippen MR) is 59.7 cm³/mol. The molecule has 13 heavy (non-hydrogen) atoms. The molecule has 0 unspecified atom stereocenters. The number of anilines is 1. The van der Waals surface area contributed by atoms with Gasteiger partial charge in [-0.15, -0.1) is 11.3 Å². The highest BCUT2D eigenvalue weighted by atomic mass is 79.9. The van der Waals surface area contributed by atoms with Gasteiger partial charge in [0.05, 0.1) is 16.8 Å². The van der Waals surface area contributed by atoms with Crippen LogP contribution in [0.2, 0.25) is 0 Å². The monoisotopic (exact) mass is 254 g/mol. The lowest BCUT2D eigenvalue weighted by atomic mass is 10.2. The molecule has 2 N–H and O–H groups in total. The number of rotatable bonds is 1. The van der Waals surface area contributed by atoms with E-state index in [1.54, 1.807) is 23.7 Å². The smallest absolute Gasteiger partial charge is 0.0588 e. The van der Waals surface area contributed by atoms with Gasteiger partial charge in [0.2, 0.25) is 0 Å². The second-order valence-electron chi connectivity index (χ2n) is 2.56. The zero-order chi connectivity index (χ0) is 9.26. The first kappa shape index (κ1) is 8.72. The molecule has 2 heterocycles. The van der Waals surface area contributed by atoms with Crippen molar-refractivity contribution in [3.8, 4) is 10.4 Å². The van der Waals surface area contributed by atoms with Crippen molar-refractivity contribution in [2.24, 2.45) is 0 Å². The maximum atomic E-state index is 5.80. The molecule has 0 saturated heterocycles. The van der Waals surface area contributed by atoms with Crippen molar-refractivity contribution < 1.29 is 0 Å². The molecular weight excluding hydrogens is 248 g/mol. The van der Waals surface area contributed by atoms with Gasteiger partial charge < -0.3 is 5.73 Å². The standard InChI is InChI=1S/C9H7BrN2S/c10-7-2-4-13-9(7)6-1-3-12-5-8(6)11/h1-5H,11H2. The summed E-state index contributed by atoms with van der Waals surface area (Å²) in [4.78, 5) is 5.10. The summed E-state index contributed by atoms with van der Waals surface area (Å²) in [6, 6.07) is 3.94. The van der Waals surface area contributed by atoms with E-state index in [1.807, 2.05) is 17.5 Å². The number of nitrogens with two attached hydrogens (primary N) is 1. The quantitative estimate of drug-likeness (QED) is 0.850. The van der Waals surface area contributed by atoms with Crippen molar-refractivity contribution in [2.45, 2.75) is 0 Å². The van der Waals surface area contributed by atoms with Crippen molar-refractivity contribution in [1.29, 1.82) is 0 Å². The van der Waals surface area contributed by atoms with Crippen LogP contribution in [0, 0.1) is 0 Å². The molecule has 0 saturated carbocycles. The first-order valence-electron chi connectivity index (χ1n) is 3.72. The third kappa shape index (κ3) is 1.59. The molecule has 0 aliphatic carbocycles. The summed E-state index contributed by atoms with van der Waals surface area (Å²) in [6.45, 7) is 0. The van der Waals surface area contributed by atoms with Crippen LogP contribution in [0.1, 0.15) is 0 Å². The number of hydrogen-bond acceptors (Lipinski definition) is 3. The zero-order valence-corrected chi connectivity index (χ0v) is 9.10. The number of thiophene rings is 1. The molecule has 0 amide bonds. The maximum absolute atomic E-state index is 5.80. The van der Waals surface area contributed by atoms with Gasteiger partial charge in [0, 0.05) is 16.2 Å². The van der Waals surface area contributed by atoms with Gasteiger partial charge in [-0.25, -0.2) is 0 Å². The van der Waals surface area contributed by atoms with Crippen LogP contribution >= 0.6 is 27.3 Å².